The Labute approximate surface area is 143 Å². The van der Waals surface area contributed by atoms with Crippen LogP contribution in [-0.2, 0) is 9.59 Å². The molecular weight excluding hydrogens is 336 g/mol. The minimum Gasteiger partial charge on any atom is -0.474 e. The Morgan fingerprint density at radius 1 is 1.43 bits per heavy atom. The van der Waals surface area contributed by atoms with Gasteiger partial charge in [-0.05, 0) is 0 Å². The summed E-state index contributed by atoms with van der Waals surface area (Å²) < 4.78 is 6.26. The van der Waals surface area contributed by atoms with Gasteiger partial charge >= 0.3 is 0 Å². The number of carbonyl (C=O) groups is 2. The van der Waals surface area contributed by atoms with E-state index in [4.69, 9.17) is 17.0 Å². The largest absolute Gasteiger partial charge is 0.474 e. The van der Waals surface area contributed by atoms with Crippen molar-refractivity contribution < 1.29 is 14.3 Å². The van der Waals surface area contributed by atoms with Crippen molar-refractivity contribution in [1.29, 1.82) is 0 Å². The molecule has 1 aromatic rings. The fourth-order valence-corrected chi connectivity index (χ4v) is 3.58. The van der Waals surface area contributed by atoms with E-state index in [2.05, 4.69) is 9.97 Å². The lowest BCUT2D eigenvalue weighted by atomic mass is 10.1. The molecule has 122 valence electrons. The van der Waals surface area contributed by atoms with Crippen molar-refractivity contribution in [2.45, 2.75) is 18.9 Å². The minimum absolute atomic E-state index is 0.0407. The van der Waals surface area contributed by atoms with Crippen LogP contribution in [0, 0.1) is 0 Å². The quantitative estimate of drug-likeness (QED) is 0.739. The zero-order valence-corrected chi connectivity index (χ0v) is 14.0. The monoisotopic (exact) mass is 352 g/mol. The SMILES string of the molecule is O=C(CN1C(=O)CSC1=S)N1CCC(Oc2ccncn2)CC1. The van der Waals surface area contributed by atoms with Gasteiger partial charge in [0.25, 0.3) is 0 Å². The van der Waals surface area contributed by atoms with Crippen LogP contribution in [-0.4, -0.2) is 67.4 Å². The molecule has 3 rings (SSSR count). The molecule has 2 aliphatic heterocycles. The highest BCUT2D eigenvalue weighted by molar-refractivity contribution is 8.23. The van der Waals surface area contributed by atoms with Crippen LogP contribution in [0.2, 0.25) is 0 Å². The molecule has 0 radical (unpaired) electrons. The number of amides is 2. The Balaban J connectivity index is 1.48. The number of carbonyl (C=O) groups excluding carboxylic acids is 2. The zero-order chi connectivity index (χ0) is 16.2. The van der Waals surface area contributed by atoms with Crippen molar-refractivity contribution in [3.05, 3.63) is 18.6 Å². The summed E-state index contributed by atoms with van der Waals surface area (Å²) in [5, 5.41) is 0. The standard InChI is InChI=1S/C14H16N4O3S2/c19-12(7-18-13(20)8-23-14(18)22)17-5-2-10(3-6-17)21-11-1-4-15-9-16-11/h1,4,9-10H,2-3,5-8H2. The van der Waals surface area contributed by atoms with E-state index < -0.39 is 0 Å². The van der Waals surface area contributed by atoms with Gasteiger partial charge in [-0.1, -0.05) is 24.0 Å². The molecule has 2 amide bonds. The molecule has 0 spiro atoms. The van der Waals surface area contributed by atoms with Crippen LogP contribution in [0.15, 0.2) is 18.6 Å². The molecule has 2 fully saturated rings. The molecule has 23 heavy (non-hydrogen) atoms. The summed E-state index contributed by atoms with van der Waals surface area (Å²) in [5.41, 5.74) is 0. The van der Waals surface area contributed by atoms with Crippen molar-refractivity contribution in [3.63, 3.8) is 0 Å². The zero-order valence-electron chi connectivity index (χ0n) is 12.4. The predicted molar refractivity (Wildman–Crippen MR) is 89.0 cm³/mol. The highest BCUT2D eigenvalue weighted by Gasteiger charge is 2.31. The lowest BCUT2D eigenvalue weighted by Crippen LogP contribution is -2.47. The van der Waals surface area contributed by atoms with Crippen molar-refractivity contribution in [2.75, 3.05) is 25.4 Å². The molecule has 0 bridgehead atoms. The fourth-order valence-electron chi connectivity index (χ4n) is 2.51. The summed E-state index contributed by atoms with van der Waals surface area (Å²) in [6.45, 7) is 1.26. The average Bonchev–Trinajstić information content (AvgIpc) is 2.88. The van der Waals surface area contributed by atoms with E-state index in [1.54, 1.807) is 17.2 Å². The molecule has 0 unspecified atom stereocenters. The second-order valence-electron chi connectivity index (χ2n) is 5.28. The average molecular weight is 352 g/mol. The predicted octanol–water partition coefficient (Wildman–Crippen LogP) is 0.707. The van der Waals surface area contributed by atoms with E-state index in [0.717, 1.165) is 12.8 Å². The molecule has 1 aromatic heterocycles. The van der Waals surface area contributed by atoms with Crippen LogP contribution < -0.4 is 4.74 Å². The highest BCUT2D eigenvalue weighted by Crippen LogP contribution is 2.20. The number of hydrogen-bond donors (Lipinski definition) is 0. The first-order chi connectivity index (χ1) is 11.1. The maximum Gasteiger partial charge on any atom is 0.242 e. The summed E-state index contributed by atoms with van der Waals surface area (Å²) in [4.78, 5) is 35.0. The molecule has 2 aliphatic rings. The Morgan fingerprint density at radius 3 is 2.83 bits per heavy atom. The summed E-state index contributed by atoms with van der Waals surface area (Å²) in [7, 11) is 0. The molecule has 9 heteroatoms. The van der Waals surface area contributed by atoms with Crippen molar-refractivity contribution in [3.8, 4) is 5.88 Å². The Bertz CT molecular complexity index is 589. The summed E-state index contributed by atoms with van der Waals surface area (Å²) >= 11 is 6.40. The van der Waals surface area contributed by atoms with Gasteiger partial charge in [0.05, 0.1) is 5.75 Å². The minimum atomic E-state index is -0.0877. The molecule has 3 heterocycles. The van der Waals surface area contributed by atoms with Gasteiger partial charge in [0.1, 0.15) is 23.3 Å². The number of aromatic nitrogens is 2. The lowest BCUT2D eigenvalue weighted by molar-refractivity contribution is -0.137. The molecule has 0 N–H and O–H groups in total. The van der Waals surface area contributed by atoms with E-state index in [-0.39, 0.29) is 24.5 Å². The second-order valence-corrected chi connectivity index (χ2v) is 6.89. The van der Waals surface area contributed by atoms with Crippen molar-refractivity contribution in [2.24, 2.45) is 0 Å². The van der Waals surface area contributed by atoms with Crippen LogP contribution in [0.4, 0.5) is 0 Å². The number of piperidine rings is 1. The Kier molecular flexibility index (Phi) is 5.06. The van der Waals surface area contributed by atoms with Crippen LogP contribution in [0.3, 0.4) is 0 Å². The van der Waals surface area contributed by atoms with Crippen LogP contribution in [0.1, 0.15) is 12.8 Å². The number of nitrogens with zero attached hydrogens (tertiary/aromatic N) is 4. The lowest BCUT2D eigenvalue weighted by Gasteiger charge is -2.32. The molecule has 0 aromatic carbocycles. The number of rotatable bonds is 4. The van der Waals surface area contributed by atoms with Gasteiger partial charge in [0.2, 0.25) is 17.7 Å². The van der Waals surface area contributed by atoms with E-state index in [0.29, 0.717) is 29.0 Å². The van der Waals surface area contributed by atoms with E-state index in [9.17, 15) is 9.59 Å². The Morgan fingerprint density at radius 2 is 2.22 bits per heavy atom. The number of likely N-dealkylation sites (tertiary alicyclic amines) is 1. The van der Waals surface area contributed by atoms with Crippen molar-refractivity contribution in [1.82, 2.24) is 19.8 Å². The first-order valence-electron chi connectivity index (χ1n) is 7.31. The number of thioether (sulfide) groups is 1. The third-order valence-corrected chi connectivity index (χ3v) is 5.20. The third-order valence-electron chi connectivity index (χ3n) is 3.77. The molecule has 0 atom stereocenters. The fraction of sp³-hybridized carbons (Fsp3) is 0.500. The van der Waals surface area contributed by atoms with Crippen LogP contribution in [0.25, 0.3) is 0 Å². The van der Waals surface area contributed by atoms with Crippen molar-refractivity contribution >= 4 is 40.1 Å². The Hall–Kier alpha value is -1.74. The smallest absolute Gasteiger partial charge is 0.242 e. The number of thiocarbonyl (C=S) groups is 1. The second kappa shape index (κ2) is 7.22. The normalized spacial score (nSPS) is 19.3. The third kappa shape index (κ3) is 3.97. The molecule has 7 nitrogen and oxygen atoms in total. The maximum atomic E-state index is 12.3. The topological polar surface area (TPSA) is 75.6 Å². The highest BCUT2D eigenvalue weighted by atomic mass is 32.2. The van der Waals surface area contributed by atoms with Gasteiger partial charge in [0, 0.05) is 38.2 Å². The van der Waals surface area contributed by atoms with E-state index in [1.165, 1.54) is 23.0 Å². The number of ether oxygens (including phenoxy) is 1. The van der Waals surface area contributed by atoms with Gasteiger partial charge in [0.15, 0.2) is 0 Å². The summed E-state index contributed by atoms with van der Waals surface area (Å²) in [6, 6.07) is 1.72. The van der Waals surface area contributed by atoms with E-state index >= 15 is 0 Å². The summed E-state index contributed by atoms with van der Waals surface area (Å²) in [5.74, 6) is 0.731. The number of hydrogen-bond acceptors (Lipinski definition) is 7. The van der Waals surface area contributed by atoms with Gasteiger partial charge in [-0.3, -0.25) is 14.5 Å². The molecular formula is C14H16N4O3S2. The molecule has 2 saturated heterocycles. The van der Waals surface area contributed by atoms with Gasteiger partial charge in [-0.2, -0.15) is 0 Å². The van der Waals surface area contributed by atoms with E-state index in [1.807, 2.05) is 0 Å². The van der Waals surface area contributed by atoms with Crippen LogP contribution in [0.5, 0.6) is 5.88 Å². The van der Waals surface area contributed by atoms with Gasteiger partial charge in [-0.25, -0.2) is 9.97 Å². The maximum absolute atomic E-state index is 12.3. The molecule has 0 aliphatic carbocycles. The van der Waals surface area contributed by atoms with Gasteiger partial charge in [-0.15, -0.1) is 0 Å². The first kappa shape index (κ1) is 16.1. The molecule has 0 saturated carbocycles. The summed E-state index contributed by atoms with van der Waals surface area (Å²) in [6.07, 6.45) is 4.60. The first-order valence-corrected chi connectivity index (χ1v) is 8.70. The van der Waals surface area contributed by atoms with Gasteiger partial charge < -0.3 is 9.64 Å². The van der Waals surface area contributed by atoms with Crippen LogP contribution >= 0.6 is 24.0 Å².